The summed E-state index contributed by atoms with van der Waals surface area (Å²) in [4.78, 5) is 17.0. The quantitative estimate of drug-likeness (QED) is 0.788. The average molecular weight is 287 g/mol. The zero-order valence-corrected chi connectivity index (χ0v) is 11.0. The van der Waals surface area contributed by atoms with Crippen LogP contribution in [-0.2, 0) is 9.84 Å². The molecule has 0 atom stereocenters. The number of amides is 1. The van der Waals surface area contributed by atoms with E-state index in [2.05, 4.69) is 4.98 Å². The number of aromatic nitrogens is 1. The van der Waals surface area contributed by atoms with Gasteiger partial charge in [0.2, 0.25) is 0 Å². The largest absolute Gasteiger partial charge is 0.381 e. The highest BCUT2D eigenvalue weighted by Gasteiger charge is 2.25. The maximum atomic E-state index is 13.7. The summed E-state index contributed by atoms with van der Waals surface area (Å²) in [5.74, 6) is -1.80. The third-order valence-electron chi connectivity index (χ3n) is 2.99. The van der Waals surface area contributed by atoms with Gasteiger partial charge in [0, 0.05) is 19.3 Å². The predicted molar refractivity (Wildman–Crippen MR) is 67.8 cm³/mol. The van der Waals surface area contributed by atoms with E-state index < -0.39 is 21.6 Å². The molecule has 2 rings (SSSR count). The van der Waals surface area contributed by atoms with Crippen molar-refractivity contribution in [1.29, 1.82) is 0 Å². The molecular weight excluding hydrogens is 273 g/mol. The molecule has 0 unspecified atom stereocenters. The first-order valence-corrected chi connectivity index (χ1v) is 7.62. The van der Waals surface area contributed by atoms with Crippen LogP contribution in [0.25, 0.3) is 0 Å². The lowest BCUT2D eigenvalue weighted by Crippen LogP contribution is -2.34. The number of halogens is 1. The Balaban J connectivity index is 2.22. The number of anilines is 1. The lowest BCUT2D eigenvalue weighted by atomic mass is 10.2. The number of hydrogen-bond donors (Lipinski definition) is 1. The number of carbonyl (C=O) groups is 1. The van der Waals surface area contributed by atoms with Gasteiger partial charge in [-0.15, -0.1) is 0 Å². The van der Waals surface area contributed by atoms with Gasteiger partial charge in [0.15, 0.2) is 21.5 Å². The number of sulfone groups is 1. The van der Waals surface area contributed by atoms with E-state index >= 15 is 0 Å². The van der Waals surface area contributed by atoms with Gasteiger partial charge in [0.05, 0.1) is 17.1 Å². The molecule has 0 radical (unpaired) electrons. The Morgan fingerprint density at radius 3 is 2.84 bits per heavy atom. The second kappa shape index (κ2) is 5.12. The summed E-state index contributed by atoms with van der Waals surface area (Å²) in [7, 11) is -3.11. The van der Waals surface area contributed by atoms with Gasteiger partial charge < -0.3 is 10.6 Å². The van der Waals surface area contributed by atoms with Gasteiger partial charge >= 0.3 is 0 Å². The zero-order valence-electron chi connectivity index (χ0n) is 10.2. The molecule has 2 heterocycles. The summed E-state index contributed by atoms with van der Waals surface area (Å²) < 4.78 is 36.6. The van der Waals surface area contributed by atoms with Gasteiger partial charge in [-0.2, -0.15) is 0 Å². The minimum Gasteiger partial charge on any atom is -0.381 e. The van der Waals surface area contributed by atoms with Gasteiger partial charge in [-0.1, -0.05) is 0 Å². The minimum atomic E-state index is -3.11. The second-order valence-electron chi connectivity index (χ2n) is 4.36. The van der Waals surface area contributed by atoms with E-state index in [1.165, 1.54) is 17.2 Å². The Labute approximate surface area is 110 Å². The van der Waals surface area contributed by atoms with E-state index in [0.29, 0.717) is 13.0 Å². The van der Waals surface area contributed by atoms with Gasteiger partial charge in [-0.25, -0.2) is 17.8 Å². The van der Waals surface area contributed by atoms with Crippen molar-refractivity contribution in [1.82, 2.24) is 9.88 Å². The van der Waals surface area contributed by atoms with Crippen LogP contribution in [0.5, 0.6) is 0 Å². The summed E-state index contributed by atoms with van der Waals surface area (Å²) in [6.45, 7) is 0.364. The molecule has 1 aliphatic heterocycles. The van der Waals surface area contributed by atoms with Gasteiger partial charge in [-0.05, 0) is 12.5 Å². The van der Waals surface area contributed by atoms with Crippen LogP contribution < -0.4 is 5.73 Å². The average Bonchev–Trinajstić information content (AvgIpc) is 2.53. The van der Waals surface area contributed by atoms with E-state index in [4.69, 9.17) is 5.73 Å². The van der Waals surface area contributed by atoms with Crippen molar-refractivity contribution in [2.45, 2.75) is 6.42 Å². The second-order valence-corrected chi connectivity index (χ2v) is 6.66. The first-order chi connectivity index (χ1) is 8.91. The molecule has 0 aliphatic carbocycles. The Morgan fingerprint density at radius 2 is 2.11 bits per heavy atom. The number of pyridine rings is 1. The third kappa shape index (κ3) is 3.01. The fourth-order valence-corrected chi connectivity index (χ4v) is 3.21. The molecule has 1 fully saturated rings. The molecule has 0 bridgehead atoms. The van der Waals surface area contributed by atoms with Crippen LogP contribution in [0.4, 0.5) is 10.2 Å². The molecule has 104 valence electrons. The van der Waals surface area contributed by atoms with Crippen LogP contribution in [0.2, 0.25) is 0 Å². The van der Waals surface area contributed by atoms with Crippen molar-refractivity contribution >= 4 is 21.6 Å². The van der Waals surface area contributed by atoms with Crippen LogP contribution in [-0.4, -0.2) is 48.8 Å². The molecule has 0 aromatic carbocycles. The molecule has 0 saturated carbocycles. The van der Waals surface area contributed by atoms with Gasteiger partial charge in [-0.3, -0.25) is 4.79 Å². The summed E-state index contributed by atoms with van der Waals surface area (Å²) in [6, 6.07) is 1.24. The molecule has 19 heavy (non-hydrogen) atoms. The van der Waals surface area contributed by atoms with Crippen LogP contribution in [0.1, 0.15) is 16.8 Å². The highest BCUT2D eigenvalue weighted by molar-refractivity contribution is 7.91. The fourth-order valence-electron chi connectivity index (χ4n) is 1.94. The molecular formula is C11H14FN3O3S. The van der Waals surface area contributed by atoms with Gasteiger partial charge in [0.1, 0.15) is 0 Å². The lowest BCUT2D eigenvalue weighted by Gasteiger charge is -2.20. The first-order valence-electron chi connectivity index (χ1n) is 5.80. The number of nitrogen functional groups attached to an aromatic ring is 1. The standard InChI is InChI=1S/C11H14FN3O3S/c12-9-8(2-3-14-10(9)13)11(16)15-4-1-6-19(17,18)7-5-15/h2-3H,1,4-7H2,(H2,13,14). The topological polar surface area (TPSA) is 93.4 Å². The van der Waals surface area contributed by atoms with E-state index in [0.717, 1.165) is 0 Å². The summed E-state index contributed by atoms with van der Waals surface area (Å²) in [5, 5.41) is 0. The van der Waals surface area contributed by atoms with Crippen molar-refractivity contribution in [3.8, 4) is 0 Å². The fraction of sp³-hybridized carbons (Fsp3) is 0.455. The van der Waals surface area contributed by atoms with E-state index in [-0.39, 0.29) is 29.4 Å². The molecule has 1 saturated heterocycles. The van der Waals surface area contributed by atoms with E-state index in [1.54, 1.807) is 0 Å². The molecule has 1 amide bonds. The zero-order chi connectivity index (χ0) is 14.0. The molecule has 0 spiro atoms. The van der Waals surface area contributed by atoms with Crippen LogP contribution in [0, 0.1) is 5.82 Å². The van der Waals surface area contributed by atoms with Crippen molar-refractivity contribution in [3.05, 3.63) is 23.6 Å². The number of nitrogens with zero attached hydrogens (tertiary/aromatic N) is 2. The number of nitrogens with two attached hydrogens (primary N) is 1. The van der Waals surface area contributed by atoms with Crippen LogP contribution in [0.3, 0.4) is 0 Å². The van der Waals surface area contributed by atoms with Crippen LogP contribution in [0.15, 0.2) is 12.3 Å². The maximum absolute atomic E-state index is 13.7. The normalized spacial score (nSPS) is 18.9. The Hall–Kier alpha value is -1.70. The molecule has 8 heteroatoms. The van der Waals surface area contributed by atoms with Gasteiger partial charge in [0.25, 0.3) is 5.91 Å². The number of carbonyl (C=O) groups excluding carboxylic acids is 1. The third-order valence-corrected chi connectivity index (χ3v) is 4.70. The van der Waals surface area contributed by atoms with Crippen molar-refractivity contribution in [2.75, 3.05) is 30.3 Å². The highest BCUT2D eigenvalue weighted by atomic mass is 32.2. The number of rotatable bonds is 1. The SMILES string of the molecule is Nc1nccc(C(=O)N2CCCS(=O)(=O)CC2)c1F. The molecule has 2 N–H and O–H groups in total. The first kappa shape index (κ1) is 13.7. The Kier molecular flexibility index (Phi) is 3.70. The molecule has 1 aromatic heterocycles. The maximum Gasteiger partial charge on any atom is 0.257 e. The van der Waals surface area contributed by atoms with Crippen molar-refractivity contribution < 1.29 is 17.6 Å². The molecule has 1 aliphatic rings. The minimum absolute atomic E-state index is 0.0533. The van der Waals surface area contributed by atoms with Crippen LogP contribution >= 0.6 is 0 Å². The van der Waals surface area contributed by atoms with Crippen molar-refractivity contribution in [3.63, 3.8) is 0 Å². The molecule has 1 aromatic rings. The Bertz CT molecular complexity index is 603. The Morgan fingerprint density at radius 1 is 1.37 bits per heavy atom. The lowest BCUT2D eigenvalue weighted by molar-refractivity contribution is 0.0763. The van der Waals surface area contributed by atoms with E-state index in [1.807, 2.05) is 0 Å². The number of hydrogen-bond acceptors (Lipinski definition) is 5. The predicted octanol–water partition coefficient (Wildman–Crippen LogP) is 0.0636. The molecule has 6 nitrogen and oxygen atoms in total. The summed E-state index contributed by atoms with van der Waals surface area (Å²) in [6.07, 6.45) is 1.61. The summed E-state index contributed by atoms with van der Waals surface area (Å²) in [5.41, 5.74) is 5.13. The van der Waals surface area contributed by atoms with Crippen molar-refractivity contribution in [2.24, 2.45) is 0 Å². The summed E-state index contributed by atoms with van der Waals surface area (Å²) >= 11 is 0. The smallest absolute Gasteiger partial charge is 0.257 e. The monoisotopic (exact) mass is 287 g/mol. The highest BCUT2D eigenvalue weighted by Crippen LogP contribution is 2.16. The van der Waals surface area contributed by atoms with E-state index in [9.17, 15) is 17.6 Å².